The lowest BCUT2D eigenvalue weighted by molar-refractivity contribution is 0.300. The third-order valence-electron chi connectivity index (χ3n) is 1.55. The molecule has 0 bridgehead atoms. The molecule has 1 atom stereocenters. The van der Waals surface area contributed by atoms with E-state index in [1.54, 1.807) is 24.0 Å². The van der Waals surface area contributed by atoms with Crippen LogP contribution in [0.2, 0.25) is 5.02 Å². The highest BCUT2D eigenvalue weighted by Gasteiger charge is 2.02. The van der Waals surface area contributed by atoms with Gasteiger partial charge in [-0.3, -0.25) is 4.98 Å². The number of aliphatic hydroxyl groups excluding tert-OH is 1. The molecular weight excluding hydrogens is 206 g/mol. The van der Waals surface area contributed by atoms with E-state index in [9.17, 15) is 0 Å². The Kier molecular flexibility index (Phi) is 4.56. The van der Waals surface area contributed by atoms with Gasteiger partial charge in [0.1, 0.15) is 0 Å². The number of hydrogen-bond donors (Lipinski definition) is 1. The first-order valence-corrected chi connectivity index (χ1v) is 5.48. The van der Waals surface area contributed by atoms with E-state index in [2.05, 4.69) is 4.98 Å². The fourth-order valence-electron chi connectivity index (χ4n) is 0.808. The van der Waals surface area contributed by atoms with Crippen molar-refractivity contribution < 1.29 is 5.11 Å². The van der Waals surface area contributed by atoms with Gasteiger partial charge in [-0.2, -0.15) is 11.8 Å². The summed E-state index contributed by atoms with van der Waals surface area (Å²) in [4.78, 5) is 4.16. The Hall–Kier alpha value is -0.250. The van der Waals surface area contributed by atoms with Gasteiger partial charge >= 0.3 is 0 Å². The van der Waals surface area contributed by atoms with Crippen LogP contribution in [0.15, 0.2) is 18.3 Å². The molecule has 0 saturated heterocycles. The quantitative estimate of drug-likeness (QED) is 0.841. The summed E-state index contributed by atoms with van der Waals surface area (Å²) < 4.78 is 0. The highest BCUT2D eigenvalue weighted by atomic mass is 35.5. The van der Waals surface area contributed by atoms with Gasteiger partial charge in [0.2, 0.25) is 0 Å². The van der Waals surface area contributed by atoms with Crippen LogP contribution in [-0.2, 0) is 5.75 Å². The molecule has 0 saturated carbocycles. The fraction of sp³-hybridized carbons (Fsp3) is 0.444. The standard InChI is InChI=1S/C9H12ClNOS/c1-7(5-12)13-6-9-4-8(10)2-3-11-9/h2-4,7,12H,5-6H2,1H3. The minimum atomic E-state index is 0.200. The molecule has 0 radical (unpaired) electrons. The van der Waals surface area contributed by atoms with Crippen molar-refractivity contribution in [2.75, 3.05) is 6.61 Å². The van der Waals surface area contributed by atoms with Crippen molar-refractivity contribution in [3.63, 3.8) is 0 Å². The van der Waals surface area contributed by atoms with Crippen molar-refractivity contribution in [2.45, 2.75) is 17.9 Å². The van der Waals surface area contributed by atoms with Crippen LogP contribution in [0.3, 0.4) is 0 Å². The Morgan fingerprint density at radius 1 is 1.69 bits per heavy atom. The second-order valence-electron chi connectivity index (χ2n) is 2.77. The zero-order valence-electron chi connectivity index (χ0n) is 7.40. The SMILES string of the molecule is CC(CO)SCc1cc(Cl)ccn1. The van der Waals surface area contributed by atoms with Crippen LogP contribution in [0.25, 0.3) is 0 Å². The summed E-state index contributed by atoms with van der Waals surface area (Å²) in [5.41, 5.74) is 0.956. The number of rotatable bonds is 4. The number of hydrogen-bond acceptors (Lipinski definition) is 3. The Balaban J connectivity index is 2.45. The highest BCUT2D eigenvalue weighted by molar-refractivity contribution is 7.99. The van der Waals surface area contributed by atoms with E-state index in [4.69, 9.17) is 16.7 Å². The minimum absolute atomic E-state index is 0.200. The summed E-state index contributed by atoms with van der Waals surface area (Å²) in [6, 6.07) is 3.60. The Morgan fingerprint density at radius 2 is 2.46 bits per heavy atom. The largest absolute Gasteiger partial charge is 0.395 e. The molecule has 1 unspecified atom stereocenters. The van der Waals surface area contributed by atoms with Crippen LogP contribution < -0.4 is 0 Å². The van der Waals surface area contributed by atoms with E-state index in [0.717, 1.165) is 11.4 Å². The minimum Gasteiger partial charge on any atom is -0.395 e. The molecule has 1 N–H and O–H groups in total. The topological polar surface area (TPSA) is 33.1 Å². The summed E-state index contributed by atoms with van der Waals surface area (Å²) in [6.07, 6.45) is 1.70. The van der Waals surface area contributed by atoms with Gasteiger partial charge in [-0.05, 0) is 12.1 Å². The van der Waals surface area contributed by atoms with Crippen LogP contribution in [0.1, 0.15) is 12.6 Å². The van der Waals surface area contributed by atoms with Crippen LogP contribution in [-0.4, -0.2) is 21.9 Å². The Labute approximate surface area is 87.3 Å². The summed E-state index contributed by atoms with van der Waals surface area (Å²) in [6.45, 7) is 2.18. The molecule has 1 heterocycles. The molecule has 1 aromatic rings. The molecule has 0 amide bonds. The molecule has 2 nitrogen and oxygen atoms in total. The van der Waals surface area contributed by atoms with Gasteiger partial charge in [-0.1, -0.05) is 18.5 Å². The second-order valence-corrected chi connectivity index (χ2v) is 4.63. The Bertz CT molecular complexity index is 270. The molecular formula is C9H12ClNOS. The third-order valence-corrected chi connectivity index (χ3v) is 2.97. The summed E-state index contributed by atoms with van der Waals surface area (Å²) >= 11 is 7.46. The van der Waals surface area contributed by atoms with Crippen molar-refractivity contribution in [3.8, 4) is 0 Å². The van der Waals surface area contributed by atoms with Gasteiger partial charge in [0.15, 0.2) is 0 Å². The van der Waals surface area contributed by atoms with Gasteiger partial charge in [0.25, 0.3) is 0 Å². The first-order valence-electron chi connectivity index (χ1n) is 4.05. The average Bonchev–Trinajstić information content (AvgIpc) is 2.14. The van der Waals surface area contributed by atoms with E-state index < -0.39 is 0 Å². The first-order chi connectivity index (χ1) is 6.22. The number of nitrogens with zero attached hydrogens (tertiary/aromatic N) is 1. The van der Waals surface area contributed by atoms with E-state index in [0.29, 0.717) is 5.02 Å². The van der Waals surface area contributed by atoms with Gasteiger partial charge in [0.05, 0.1) is 12.3 Å². The van der Waals surface area contributed by atoms with Gasteiger partial charge in [-0.15, -0.1) is 0 Å². The number of thioether (sulfide) groups is 1. The average molecular weight is 218 g/mol. The van der Waals surface area contributed by atoms with Crippen LogP contribution in [0.4, 0.5) is 0 Å². The molecule has 0 fully saturated rings. The molecule has 4 heteroatoms. The second kappa shape index (κ2) is 5.47. The van der Waals surface area contributed by atoms with Crippen LogP contribution >= 0.6 is 23.4 Å². The normalized spacial score (nSPS) is 12.8. The maximum atomic E-state index is 8.80. The third kappa shape index (κ3) is 3.98. The maximum absolute atomic E-state index is 8.80. The van der Waals surface area contributed by atoms with Crippen molar-refractivity contribution in [1.82, 2.24) is 4.98 Å². The van der Waals surface area contributed by atoms with Crippen LogP contribution in [0, 0.1) is 0 Å². The predicted octanol–water partition coefficient (Wildman–Crippen LogP) is 2.35. The number of halogens is 1. The number of aromatic nitrogens is 1. The van der Waals surface area contributed by atoms with Crippen molar-refractivity contribution in [2.24, 2.45) is 0 Å². The van der Waals surface area contributed by atoms with E-state index in [-0.39, 0.29) is 11.9 Å². The first kappa shape index (κ1) is 10.8. The monoisotopic (exact) mass is 217 g/mol. The molecule has 0 aliphatic rings. The lowest BCUT2D eigenvalue weighted by Gasteiger charge is -2.06. The fourth-order valence-corrected chi connectivity index (χ4v) is 1.71. The molecule has 13 heavy (non-hydrogen) atoms. The van der Waals surface area contributed by atoms with Gasteiger partial charge in [0, 0.05) is 22.2 Å². The molecule has 72 valence electrons. The molecule has 1 aromatic heterocycles. The van der Waals surface area contributed by atoms with E-state index in [1.807, 2.05) is 13.0 Å². The van der Waals surface area contributed by atoms with Crippen LogP contribution in [0.5, 0.6) is 0 Å². The van der Waals surface area contributed by atoms with Crippen molar-refractivity contribution in [1.29, 1.82) is 0 Å². The highest BCUT2D eigenvalue weighted by Crippen LogP contribution is 2.17. The predicted molar refractivity (Wildman–Crippen MR) is 57.1 cm³/mol. The zero-order chi connectivity index (χ0) is 9.68. The summed E-state index contributed by atoms with van der Waals surface area (Å²) in [7, 11) is 0. The van der Waals surface area contributed by atoms with Crippen molar-refractivity contribution >= 4 is 23.4 Å². The van der Waals surface area contributed by atoms with E-state index in [1.165, 1.54) is 0 Å². The lowest BCUT2D eigenvalue weighted by Crippen LogP contribution is -2.02. The summed E-state index contributed by atoms with van der Waals surface area (Å²) in [5.74, 6) is 0.794. The smallest absolute Gasteiger partial charge is 0.0547 e. The summed E-state index contributed by atoms with van der Waals surface area (Å²) in [5, 5.41) is 9.76. The lowest BCUT2D eigenvalue weighted by atomic mass is 10.4. The maximum Gasteiger partial charge on any atom is 0.0547 e. The van der Waals surface area contributed by atoms with Crippen molar-refractivity contribution in [3.05, 3.63) is 29.0 Å². The molecule has 0 aliphatic heterocycles. The zero-order valence-corrected chi connectivity index (χ0v) is 8.98. The molecule has 1 rings (SSSR count). The molecule has 0 aromatic carbocycles. The molecule has 0 aliphatic carbocycles. The number of pyridine rings is 1. The number of aliphatic hydroxyl groups is 1. The van der Waals surface area contributed by atoms with E-state index >= 15 is 0 Å². The van der Waals surface area contributed by atoms with Gasteiger partial charge < -0.3 is 5.11 Å². The molecule has 0 spiro atoms. The Morgan fingerprint density at radius 3 is 3.08 bits per heavy atom. The van der Waals surface area contributed by atoms with Gasteiger partial charge in [-0.25, -0.2) is 0 Å².